The Morgan fingerprint density at radius 3 is 2.55 bits per heavy atom. The number of hydrogen-bond donors (Lipinski definition) is 2. The summed E-state index contributed by atoms with van der Waals surface area (Å²) in [5.74, 6) is -0.240. The summed E-state index contributed by atoms with van der Waals surface area (Å²) in [4.78, 5) is 25.3. The third-order valence-electron chi connectivity index (χ3n) is 2.79. The van der Waals surface area contributed by atoms with Crippen molar-refractivity contribution in [3.63, 3.8) is 0 Å². The zero-order valence-electron chi connectivity index (χ0n) is 13.0. The Labute approximate surface area is 141 Å². The molecule has 7 heteroatoms. The number of amides is 2. The maximum atomic E-state index is 11.9. The van der Waals surface area contributed by atoms with E-state index in [9.17, 15) is 9.59 Å². The zero-order valence-corrected chi connectivity index (χ0v) is 14.5. The molecule has 1 rings (SSSR count). The average Bonchev–Trinajstić information content (AvgIpc) is 2.39. The van der Waals surface area contributed by atoms with E-state index in [1.807, 2.05) is 13.8 Å². The van der Waals surface area contributed by atoms with Crippen LogP contribution in [0.15, 0.2) is 18.2 Å². The summed E-state index contributed by atoms with van der Waals surface area (Å²) in [5, 5.41) is 6.45. The van der Waals surface area contributed by atoms with Crippen LogP contribution in [-0.4, -0.2) is 42.9 Å². The van der Waals surface area contributed by atoms with Crippen molar-refractivity contribution < 1.29 is 9.59 Å². The van der Waals surface area contributed by atoms with Gasteiger partial charge in [0.05, 0.1) is 17.3 Å². The highest BCUT2D eigenvalue weighted by molar-refractivity contribution is 6.35. The molecule has 1 aromatic rings. The number of nitrogens with one attached hydrogen (secondary N) is 2. The van der Waals surface area contributed by atoms with Crippen LogP contribution in [0.1, 0.15) is 20.3 Å². The van der Waals surface area contributed by atoms with Crippen LogP contribution in [0.5, 0.6) is 0 Å². The Bertz CT molecular complexity index is 536. The van der Waals surface area contributed by atoms with Gasteiger partial charge in [0, 0.05) is 24.0 Å². The molecule has 0 heterocycles. The summed E-state index contributed by atoms with van der Waals surface area (Å²) in [7, 11) is 1.79. The lowest BCUT2D eigenvalue weighted by molar-refractivity contribution is -0.123. The van der Waals surface area contributed by atoms with Crippen molar-refractivity contribution in [2.75, 3.05) is 25.5 Å². The molecule has 5 nitrogen and oxygen atoms in total. The van der Waals surface area contributed by atoms with Crippen molar-refractivity contribution in [3.05, 3.63) is 28.2 Å². The van der Waals surface area contributed by atoms with Gasteiger partial charge in [-0.3, -0.25) is 14.5 Å². The zero-order chi connectivity index (χ0) is 16.7. The van der Waals surface area contributed by atoms with Gasteiger partial charge in [0.2, 0.25) is 11.8 Å². The highest BCUT2D eigenvalue weighted by Crippen LogP contribution is 2.25. The highest BCUT2D eigenvalue weighted by atomic mass is 35.5. The first-order valence-corrected chi connectivity index (χ1v) is 7.76. The molecule has 0 bridgehead atoms. The van der Waals surface area contributed by atoms with Gasteiger partial charge in [-0.05, 0) is 39.1 Å². The van der Waals surface area contributed by atoms with Crippen molar-refractivity contribution in [1.82, 2.24) is 10.2 Å². The lowest BCUT2D eigenvalue weighted by atomic mass is 10.3. The number of benzene rings is 1. The first-order chi connectivity index (χ1) is 10.3. The number of hydrogen-bond acceptors (Lipinski definition) is 3. The third kappa shape index (κ3) is 7.11. The predicted octanol–water partition coefficient (Wildman–Crippen LogP) is 2.78. The molecule has 0 spiro atoms. The Kier molecular flexibility index (Phi) is 7.65. The van der Waals surface area contributed by atoms with Gasteiger partial charge >= 0.3 is 0 Å². The number of halogens is 2. The van der Waals surface area contributed by atoms with Gasteiger partial charge in [0.1, 0.15) is 0 Å². The standard InChI is InChI=1S/C15H21Cl2N3O2/c1-10(2)18-15(22)9-20(3)7-6-14(21)19-13-8-11(16)4-5-12(13)17/h4-5,8,10H,6-7,9H2,1-3H3,(H,18,22)(H,19,21). The summed E-state index contributed by atoms with van der Waals surface area (Å²) < 4.78 is 0. The lowest BCUT2D eigenvalue weighted by Crippen LogP contribution is -2.39. The van der Waals surface area contributed by atoms with Crippen LogP contribution >= 0.6 is 23.2 Å². The van der Waals surface area contributed by atoms with E-state index >= 15 is 0 Å². The highest BCUT2D eigenvalue weighted by Gasteiger charge is 2.11. The van der Waals surface area contributed by atoms with Gasteiger partial charge in [-0.2, -0.15) is 0 Å². The van der Waals surface area contributed by atoms with E-state index in [0.717, 1.165) is 0 Å². The summed E-state index contributed by atoms with van der Waals surface area (Å²) >= 11 is 11.8. The fourth-order valence-corrected chi connectivity index (χ4v) is 2.13. The molecular weight excluding hydrogens is 325 g/mol. The van der Waals surface area contributed by atoms with E-state index in [0.29, 0.717) is 22.3 Å². The van der Waals surface area contributed by atoms with Crippen LogP contribution in [0.4, 0.5) is 5.69 Å². The monoisotopic (exact) mass is 345 g/mol. The first-order valence-electron chi connectivity index (χ1n) is 7.00. The van der Waals surface area contributed by atoms with Gasteiger partial charge in [-0.25, -0.2) is 0 Å². The fraction of sp³-hybridized carbons (Fsp3) is 0.467. The maximum absolute atomic E-state index is 11.9. The van der Waals surface area contributed by atoms with Crippen LogP contribution < -0.4 is 10.6 Å². The molecule has 2 amide bonds. The van der Waals surface area contributed by atoms with E-state index < -0.39 is 0 Å². The molecule has 0 aliphatic carbocycles. The fourth-order valence-electron chi connectivity index (χ4n) is 1.79. The number of rotatable bonds is 7. The number of anilines is 1. The minimum atomic E-state index is -0.180. The smallest absolute Gasteiger partial charge is 0.234 e. The van der Waals surface area contributed by atoms with Crippen molar-refractivity contribution in [2.45, 2.75) is 26.3 Å². The van der Waals surface area contributed by atoms with Crippen LogP contribution in [0.2, 0.25) is 10.0 Å². The molecule has 2 N–H and O–H groups in total. The van der Waals surface area contributed by atoms with Gasteiger partial charge in [0.15, 0.2) is 0 Å². The number of likely N-dealkylation sites (N-methyl/N-ethyl adjacent to an activating group) is 1. The Hall–Kier alpha value is -1.30. The second-order valence-corrected chi connectivity index (χ2v) is 6.23. The molecule has 122 valence electrons. The first kappa shape index (κ1) is 18.7. The molecule has 0 saturated heterocycles. The lowest BCUT2D eigenvalue weighted by Gasteiger charge is -2.17. The molecule has 0 unspecified atom stereocenters. The summed E-state index contributed by atoms with van der Waals surface area (Å²) in [6.45, 7) is 4.53. The van der Waals surface area contributed by atoms with Crippen molar-refractivity contribution in [2.24, 2.45) is 0 Å². The average molecular weight is 346 g/mol. The topological polar surface area (TPSA) is 61.4 Å². The van der Waals surface area contributed by atoms with Crippen molar-refractivity contribution >= 4 is 40.7 Å². The van der Waals surface area contributed by atoms with Crippen LogP contribution in [-0.2, 0) is 9.59 Å². The minimum absolute atomic E-state index is 0.0595. The van der Waals surface area contributed by atoms with E-state index in [1.165, 1.54) is 0 Å². The van der Waals surface area contributed by atoms with E-state index in [1.54, 1.807) is 30.1 Å². The minimum Gasteiger partial charge on any atom is -0.353 e. The SMILES string of the molecule is CC(C)NC(=O)CN(C)CCC(=O)Nc1cc(Cl)ccc1Cl. The summed E-state index contributed by atoms with van der Waals surface area (Å²) in [5.41, 5.74) is 0.486. The van der Waals surface area contributed by atoms with Gasteiger partial charge in [-0.1, -0.05) is 23.2 Å². The molecule has 0 aliphatic heterocycles. The second-order valence-electron chi connectivity index (χ2n) is 5.38. The molecule has 0 radical (unpaired) electrons. The van der Waals surface area contributed by atoms with E-state index in [2.05, 4.69) is 10.6 Å². The Morgan fingerprint density at radius 1 is 1.23 bits per heavy atom. The number of carbonyl (C=O) groups is 2. The van der Waals surface area contributed by atoms with Gasteiger partial charge in [-0.15, -0.1) is 0 Å². The Balaban J connectivity index is 2.39. The van der Waals surface area contributed by atoms with Crippen molar-refractivity contribution in [3.8, 4) is 0 Å². The van der Waals surface area contributed by atoms with Gasteiger partial charge < -0.3 is 10.6 Å². The van der Waals surface area contributed by atoms with Gasteiger partial charge in [0.25, 0.3) is 0 Å². The third-order valence-corrected chi connectivity index (χ3v) is 3.35. The maximum Gasteiger partial charge on any atom is 0.234 e. The van der Waals surface area contributed by atoms with Crippen LogP contribution in [0.3, 0.4) is 0 Å². The second kappa shape index (κ2) is 8.98. The number of nitrogens with zero attached hydrogens (tertiary/aromatic N) is 1. The predicted molar refractivity (Wildman–Crippen MR) is 90.5 cm³/mol. The van der Waals surface area contributed by atoms with Crippen molar-refractivity contribution in [1.29, 1.82) is 0 Å². The normalized spacial score (nSPS) is 10.9. The Morgan fingerprint density at radius 2 is 1.91 bits per heavy atom. The van der Waals surface area contributed by atoms with Crippen LogP contribution in [0.25, 0.3) is 0 Å². The molecule has 1 aromatic carbocycles. The largest absolute Gasteiger partial charge is 0.353 e. The molecule has 0 saturated carbocycles. The molecule has 0 atom stereocenters. The molecular formula is C15H21Cl2N3O2. The molecule has 0 aromatic heterocycles. The molecule has 0 aliphatic rings. The molecule has 0 fully saturated rings. The van der Waals surface area contributed by atoms with E-state index in [-0.39, 0.29) is 30.8 Å². The summed E-state index contributed by atoms with van der Waals surface area (Å²) in [6.07, 6.45) is 0.258. The molecule has 22 heavy (non-hydrogen) atoms. The quantitative estimate of drug-likeness (QED) is 0.798. The summed E-state index contributed by atoms with van der Waals surface area (Å²) in [6, 6.07) is 4.98. The van der Waals surface area contributed by atoms with Crippen LogP contribution in [0, 0.1) is 0 Å². The van der Waals surface area contributed by atoms with E-state index in [4.69, 9.17) is 23.2 Å². The number of carbonyl (C=O) groups excluding carboxylic acids is 2.